The predicted octanol–water partition coefficient (Wildman–Crippen LogP) is 3.52. The third-order valence-electron chi connectivity index (χ3n) is 5.72. The molecule has 2 aliphatic rings. The summed E-state index contributed by atoms with van der Waals surface area (Å²) in [6.07, 6.45) is 3.48. The first kappa shape index (κ1) is 19.7. The van der Waals surface area contributed by atoms with E-state index in [1.54, 1.807) is 18.2 Å². The fourth-order valence-electron chi connectivity index (χ4n) is 4.13. The summed E-state index contributed by atoms with van der Waals surface area (Å²) in [5.41, 5.74) is 3.24. The van der Waals surface area contributed by atoms with Gasteiger partial charge in [0, 0.05) is 18.7 Å². The van der Waals surface area contributed by atoms with Crippen LogP contribution in [0.3, 0.4) is 0 Å². The van der Waals surface area contributed by atoms with Crippen molar-refractivity contribution in [2.75, 3.05) is 32.8 Å². The molecule has 31 heavy (non-hydrogen) atoms. The number of benzene rings is 2. The summed E-state index contributed by atoms with van der Waals surface area (Å²) in [5.74, 6) is 0.675. The van der Waals surface area contributed by atoms with Crippen molar-refractivity contribution in [3.05, 3.63) is 75.6 Å². The van der Waals surface area contributed by atoms with Crippen LogP contribution in [0.25, 0.3) is 22.6 Å². The molecule has 0 amide bonds. The Balaban J connectivity index is 1.41. The van der Waals surface area contributed by atoms with E-state index in [-0.39, 0.29) is 17.9 Å². The van der Waals surface area contributed by atoms with Crippen LogP contribution in [0, 0.1) is 0 Å². The van der Waals surface area contributed by atoms with E-state index in [0.29, 0.717) is 60.8 Å². The Morgan fingerprint density at radius 3 is 2.68 bits per heavy atom. The molecule has 6 heteroatoms. The van der Waals surface area contributed by atoms with Gasteiger partial charge in [-0.3, -0.25) is 14.5 Å². The highest BCUT2D eigenvalue weighted by molar-refractivity contribution is 5.87. The Bertz CT molecular complexity index is 1210. The third-order valence-corrected chi connectivity index (χ3v) is 5.72. The summed E-state index contributed by atoms with van der Waals surface area (Å²) >= 11 is 0. The zero-order valence-electron chi connectivity index (χ0n) is 17.1. The molecular formula is C25H23NO5. The van der Waals surface area contributed by atoms with Gasteiger partial charge in [-0.15, -0.1) is 0 Å². The Morgan fingerprint density at radius 1 is 1.06 bits per heavy atom. The number of esters is 1. The fourth-order valence-corrected chi connectivity index (χ4v) is 4.13. The Hall–Kier alpha value is -3.22. The number of carbonyl (C=O) groups is 1. The number of ether oxygens (including phenoxy) is 2. The van der Waals surface area contributed by atoms with Gasteiger partial charge in [-0.25, -0.2) is 0 Å². The standard InChI is InChI=1S/C25H23NO5/c27-23(16-26-10-12-29-13-11-26)30-19-7-9-22-21(15-19)24(28)20-8-6-18(25(20)31-22)14-17-4-2-1-3-5-17/h1-5,7,9,14-15H,6,8,10-13,16H2/b18-14+. The molecule has 3 aromatic rings. The second-order valence-corrected chi connectivity index (χ2v) is 7.84. The van der Waals surface area contributed by atoms with Gasteiger partial charge in [-0.05, 0) is 48.3 Å². The second-order valence-electron chi connectivity index (χ2n) is 7.84. The number of hydrogen-bond donors (Lipinski definition) is 0. The maximum Gasteiger partial charge on any atom is 0.325 e. The van der Waals surface area contributed by atoms with Gasteiger partial charge in [0.1, 0.15) is 17.1 Å². The zero-order valence-corrected chi connectivity index (χ0v) is 17.1. The topological polar surface area (TPSA) is 69.0 Å². The average molecular weight is 417 g/mol. The summed E-state index contributed by atoms with van der Waals surface area (Å²) in [4.78, 5) is 27.4. The van der Waals surface area contributed by atoms with Gasteiger partial charge in [0.2, 0.25) is 0 Å². The molecule has 2 aromatic carbocycles. The minimum Gasteiger partial charge on any atom is -0.456 e. The number of carbonyl (C=O) groups excluding carboxylic acids is 1. The molecule has 6 nitrogen and oxygen atoms in total. The minimum atomic E-state index is -0.347. The number of allylic oxidation sites excluding steroid dienone is 1. The predicted molar refractivity (Wildman–Crippen MR) is 118 cm³/mol. The summed E-state index contributed by atoms with van der Waals surface area (Å²) in [5, 5.41) is 0.441. The number of fused-ring (bicyclic) bond motifs is 2. The fraction of sp³-hybridized carbons (Fsp3) is 0.280. The SMILES string of the molecule is O=C(CN1CCOCC1)Oc1ccc2oc3c(c(=O)c2c1)CC/C3=C\c1ccccc1. The van der Waals surface area contributed by atoms with Gasteiger partial charge in [-0.2, -0.15) is 0 Å². The van der Waals surface area contributed by atoms with E-state index < -0.39 is 0 Å². The lowest BCUT2D eigenvalue weighted by molar-refractivity contribution is -0.136. The molecule has 5 rings (SSSR count). The molecule has 0 N–H and O–H groups in total. The second kappa shape index (κ2) is 8.49. The van der Waals surface area contributed by atoms with E-state index >= 15 is 0 Å². The first-order valence-electron chi connectivity index (χ1n) is 10.5. The Kier molecular flexibility index (Phi) is 5.40. The molecule has 1 saturated heterocycles. The molecule has 0 spiro atoms. The highest BCUT2D eigenvalue weighted by atomic mass is 16.5. The lowest BCUT2D eigenvalue weighted by atomic mass is 10.1. The molecule has 0 unspecified atom stereocenters. The van der Waals surface area contributed by atoms with Crippen molar-refractivity contribution < 1.29 is 18.7 Å². The number of nitrogens with zero attached hydrogens (tertiary/aromatic N) is 1. The highest BCUT2D eigenvalue weighted by Gasteiger charge is 2.24. The van der Waals surface area contributed by atoms with Gasteiger partial charge in [0.25, 0.3) is 0 Å². The lowest BCUT2D eigenvalue weighted by Crippen LogP contribution is -2.40. The number of rotatable bonds is 4. The van der Waals surface area contributed by atoms with Crippen LogP contribution in [0.2, 0.25) is 0 Å². The molecule has 0 bridgehead atoms. The van der Waals surface area contributed by atoms with Crippen molar-refractivity contribution >= 4 is 28.6 Å². The monoisotopic (exact) mass is 417 g/mol. The lowest BCUT2D eigenvalue weighted by Gasteiger charge is -2.25. The summed E-state index contributed by atoms with van der Waals surface area (Å²) in [6.45, 7) is 2.86. The van der Waals surface area contributed by atoms with Crippen molar-refractivity contribution in [3.63, 3.8) is 0 Å². The van der Waals surface area contributed by atoms with Crippen molar-refractivity contribution in [1.29, 1.82) is 0 Å². The molecule has 1 fully saturated rings. The zero-order chi connectivity index (χ0) is 21.2. The van der Waals surface area contributed by atoms with Crippen molar-refractivity contribution in [3.8, 4) is 5.75 Å². The molecule has 0 saturated carbocycles. The molecular weight excluding hydrogens is 394 g/mol. The largest absolute Gasteiger partial charge is 0.456 e. The first-order chi connectivity index (χ1) is 15.2. The van der Waals surface area contributed by atoms with Crippen LogP contribution in [-0.4, -0.2) is 43.7 Å². The maximum absolute atomic E-state index is 13.1. The normalized spacial score (nSPS) is 17.7. The van der Waals surface area contributed by atoms with E-state index in [4.69, 9.17) is 13.9 Å². The van der Waals surface area contributed by atoms with Crippen LogP contribution in [0.4, 0.5) is 0 Å². The van der Waals surface area contributed by atoms with Crippen molar-refractivity contribution in [2.24, 2.45) is 0 Å². The summed E-state index contributed by atoms with van der Waals surface area (Å²) in [6, 6.07) is 15.0. The quantitative estimate of drug-likeness (QED) is 0.478. The van der Waals surface area contributed by atoms with Crippen LogP contribution in [0.15, 0.2) is 57.7 Å². The van der Waals surface area contributed by atoms with E-state index in [0.717, 1.165) is 17.6 Å². The molecule has 2 heterocycles. The third kappa shape index (κ3) is 4.17. The first-order valence-corrected chi connectivity index (χ1v) is 10.5. The molecule has 1 aliphatic carbocycles. The summed E-state index contributed by atoms with van der Waals surface area (Å²) in [7, 11) is 0. The minimum absolute atomic E-state index is 0.0567. The van der Waals surface area contributed by atoms with Crippen LogP contribution >= 0.6 is 0 Å². The van der Waals surface area contributed by atoms with Gasteiger partial charge < -0.3 is 13.9 Å². The molecule has 1 aromatic heterocycles. The molecule has 158 valence electrons. The van der Waals surface area contributed by atoms with Gasteiger partial charge in [0.15, 0.2) is 5.43 Å². The van der Waals surface area contributed by atoms with Crippen LogP contribution in [0.5, 0.6) is 5.75 Å². The average Bonchev–Trinajstić information content (AvgIpc) is 3.18. The molecule has 0 radical (unpaired) electrons. The van der Waals surface area contributed by atoms with Crippen LogP contribution < -0.4 is 10.2 Å². The van der Waals surface area contributed by atoms with Gasteiger partial charge >= 0.3 is 5.97 Å². The van der Waals surface area contributed by atoms with Crippen molar-refractivity contribution in [1.82, 2.24) is 4.90 Å². The van der Waals surface area contributed by atoms with Gasteiger partial charge in [0.05, 0.1) is 25.1 Å². The summed E-state index contributed by atoms with van der Waals surface area (Å²) < 4.78 is 16.9. The van der Waals surface area contributed by atoms with Crippen LogP contribution in [0.1, 0.15) is 23.3 Å². The van der Waals surface area contributed by atoms with E-state index in [1.165, 1.54) is 0 Å². The number of morpholine rings is 1. The van der Waals surface area contributed by atoms with E-state index in [2.05, 4.69) is 6.08 Å². The Morgan fingerprint density at radius 2 is 1.87 bits per heavy atom. The van der Waals surface area contributed by atoms with Gasteiger partial charge in [-0.1, -0.05) is 30.3 Å². The molecule has 0 atom stereocenters. The van der Waals surface area contributed by atoms with E-state index in [9.17, 15) is 9.59 Å². The number of hydrogen-bond acceptors (Lipinski definition) is 6. The molecule has 1 aliphatic heterocycles. The smallest absolute Gasteiger partial charge is 0.325 e. The maximum atomic E-state index is 13.1. The van der Waals surface area contributed by atoms with E-state index in [1.807, 2.05) is 35.2 Å². The highest BCUT2D eigenvalue weighted by Crippen LogP contribution is 2.34. The van der Waals surface area contributed by atoms with Crippen LogP contribution in [-0.2, 0) is 16.0 Å². The van der Waals surface area contributed by atoms with Crippen molar-refractivity contribution in [2.45, 2.75) is 12.8 Å². The Labute approximate surface area is 179 Å².